The Kier molecular flexibility index (Phi) is 7.91. The van der Waals surface area contributed by atoms with E-state index in [0.29, 0.717) is 40.7 Å². The van der Waals surface area contributed by atoms with Crippen molar-refractivity contribution in [2.24, 2.45) is 0 Å². The Morgan fingerprint density at radius 2 is 1.97 bits per heavy atom. The average molecular weight is 521 g/mol. The van der Waals surface area contributed by atoms with Gasteiger partial charge in [0.1, 0.15) is 23.5 Å². The summed E-state index contributed by atoms with van der Waals surface area (Å²) in [5.41, 5.74) is 2.70. The molecule has 0 spiro atoms. The topological polar surface area (TPSA) is 109 Å². The van der Waals surface area contributed by atoms with Crippen molar-refractivity contribution in [3.8, 4) is 23.3 Å². The Labute approximate surface area is 217 Å². The molecule has 0 saturated heterocycles. The van der Waals surface area contributed by atoms with Crippen molar-refractivity contribution < 1.29 is 23.4 Å². The molecule has 8 nitrogen and oxygen atoms in total. The Morgan fingerprint density at radius 1 is 1.19 bits per heavy atom. The zero-order chi connectivity index (χ0) is 26.4. The summed E-state index contributed by atoms with van der Waals surface area (Å²) < 4.78 is 29.6. The van der Waals surface area contributed by atoms with Crippen LogP contribution in [0.4, 0.5) is 10.1 Å². The van der Waals surface area contributed by atoms with E-state index in [1.165, 1.54) is 24.3 Å². The van der Waals surface area contributed by atoms with Crippen LogP contribution in [0.3, 0.4) is 0 Å². The molecule has 37 heavy (non-hydrogen) atoms. The first-order valence-corrected chi connectivity index (χ1v) is 11.6. The molecule has 2 N–H and O–H groups in total. The van der Waals surface area contributed by atoms with E-state index < -0.39 is 11.7 Å². The Hall–Kier alpha value is -4.55. The summed E-state index contributed by atoms with van der Waals surface area (Å²) >= 11 is 6.47. The maximum atomic E-state index is 13.1. The molecule has 0 unspecified atom stereocenters. The molecule has 3 aromatic carbocycles. The predicted molar refractivity (Wildman–Crippen MR) is 139 cm³/mol. The van der Waals surface area contributed by atoms with Crippen LogP contribution >= 0.6 is 11.6 Å². The quantitative estimate of drug-likeness (QED) is 0.268. The number of hydrogen-bond donors (Lipinski definition) is 2. The van der Waals surface area contributed by atoms with E-state index in [0.717, 1.165) is 5.52 Å². The summed E-state index contributed by atoms with van der Waals surface area (Å²) in [6, 6.07) is 16.2. The number of carbonyl (C=O) groups excluding carboxylic acids is 1. The highest BCUT2D eigenvalue weighted by atomic mass is 35.5. The molecule has 0 fully saturated rings. The normalized spacial score (nSPS) is 11.2. The van der Waals surface area contributed by atoms with E-state index in [2.05, 4.69) is 21.4 Å². The first-order chi connectivity index (χ1) is 17.9. The number of amides is 1. The molecule has 4 rings (SSSR count). The lowest BCUT2D eigenvalue weighted by atomic mass is 10.1. The maximum absolute atomic E-state index is 13.1. The number of allylic oxidation sites excluding steroid dienone is 1. The van der Waals surface area contributed by atoms with Gasteiger partial charge in [-0.1, -0.05) is 11.6 Å². The number of anilines is 1. The van der Waals surface area contributed by atoms with Gasteiger partial charge in [0.15, 0.2) is 18.1 Å². The summed E-state index contributed by atoms with van der Waals surface area (Å²) in [6.45, 7) is 1.77. The van der Waals surface area contributed by atoms with Crippen LogP contribution in [0, 0.1) is 17.1 Å². The summed E-state index contributed by atoms with van der Waals surface area (Å²) in [5, 5.41) is 12.6. The number of aromatic amines is 1. The molecule has 1 aromatic heterocycles. The summed E-state index contributed by atoms with van der Waals surface area (Å²) in [7, 11) is 1.57. The maximum Gasteiger partial charge on any atom is 0.262 e. The minimum absolute atomic E-state index is 0.185. The zero-order valence-electron chi connectivity index (χ0n) is 20.0. The van der Waals surface area contributed by atoms with Crippen molar-refractivity contribution in [1.29, 1.82) is 5.26 Å². The van der Waals surface area contributed by atoms with Gasteiger partial charge < -0.3 is 24.5 Å². The Bertz CT molecular complexity index is 1510. The third kappa shape index (κ3) is 6.18. The predicted octanol–water partition coefficient (Wildman–Crippen LogP) is 5.84. The van der Waals surface area contributed by atoms with E-state index in [9.17, 15) is 14.4 Å². The smallest absolute Gasteiger partial charge is 0.262 e. The van der Waals surface area contributed by atoms with Crippen molar-refractivity contribution in [2.45, 2.75) is 6.92 Å². The van der Waals surface area contributed by atoms with Crippen molar-refractivity contribution >= 4 is 45.9 Å². The molecule has 0 radical (unpaired) electrons. The van der Waals surface area contributed by atoms with E-state index in [-0.39, 0.29) is 23.0 Å². The van der Waals surface area contributed by atoms with Crippen molar-refractivity contribution in [2.75, 3.05) is 25.6 Å². The van der Waals surface area contributed by atoms with Crippen LogP contribution in [0.1, 0.15) is 18.3 Å². The van der Waals surface area contributed by atoms with Gasteiger partial charge >= 0.3 is 0 Å². The second-order valence-corrected chi connectivity index (χ2v) is 8.15. The van der Waals surface area contributed by atoms with Gasteiger partial charge in [-0.15, -0.1) is 0 Å². The second kappa shape index (κ2) is 11.5. The fraction of sp³-hybridized carbons (Fsp3) is 0.148. The molecule has 0 atom stereocenters. The van der Waals surface area contributed by atoms with E-state index >= 15 is 0 Å². The molecule has 1 amide bonds. The van der Waals surface area contributed by atoms with Gasteiger partial charge in [0.05, 0.1) is 35.3 Å². The van der Waals surface area contributed by atoms with Gasteiger partial charge in [0, 0.05) is 11.8 Å². The number of halogens is 2. The molecule has 0 aliphatic rings. The van der Waals surface area contributed by atoms with Crippen molar-refractivity contribution in [1.82, 2.24) is 9.97 Å². The average Bonchev–Trinajstić information content (AvgIpc) is 3.31. The van der Waals surface area contributed by atoms with E-state index in [1.54, 1.807) is 50.4 Å². The molecule has 4 aromatic rings. The zero-order valence-corrected chi connectivity index (χ0v) is 20.7. The number of fused-ring (bicyclic) bond motifs is 1. The second-order valence-electron chi connectivity index (χ2n) is 7.75. The lowest BCUT2D eigenvalue weighted by Crippen LogP contribution is -2.20. The molecular weight excluding hydrogens is 499 g/mol. The SMILES string of the molecule is CCOc1cc(/C=C(/C#N)c2nc3ccc(OC)cc3[nH]2)cc(Cl)c1OCC(=O)Nc1ccc(F)cc1. The van der Waals surface area contributed by atoms with Crippen LogP contribution in [0.5, 0.6) is 17.2 Å². The van der Waals surface area contributed by atoms with Gasteiger partial charge in [-0.2, -0.15) is 5.26 Å². The number of nitrogens with zero attached hydrogens (tertiary/aromatic N) is 2. The number of aromatic nitrogens is 2. The number of nitriles is 1. The number of rotatable bonds is 9. The number of H-pyrrole nitrogens is 1. The molecule has 0 aliphatic heterocycles. The lowest BCUT2D eigenvalue weighted by Gasteiger charge is -2.14. The van der Waals surface area contributed by atoms with Gasteiger partial charge in [-0.05, 0) is 67.1 Å². The van der Waals surface area contributed by atoms with E-state index in [4.69, 9.17) is 25.8 Å². The fourth-order valence-electron chi connectivity index (χ4n) is 3.51. The van der Waals surface area contributed by atoms with Crippen molar-refractivity contribution in [3.63, 3.8) is 0 Å². The largest absolute Gasteiger partial charge is 0.497 e. The molecule has 188 valence electrons. The van der Waals surface area contributed by atoms with E-state index in [1.807, 2.05) is 0 Å². The molecular formula is C27H22ClFN4O4. The fourth-order valence-corrected chi connectivity index (χ4v) is 3.78. The number of imidazole rings is 1. The molecule has 1 heterocycles. The monoisotopic (exact) mass is 520 g/mol. The first-order valence-electron chi connectivity index (χ1n) is 11.2. The third-order valence-electron chi connectivity index (χ3n) is 5.18. The molecule has 0 saturated carbocycles. The molecule has 0 aliphatic carbocycles. The highest BCUT2D eigenvalue weighted by Crippen LogP contribution is 2.38. The van der Waals surface area contributed by atoms with Crippen LogP contribution in [-0.2, 0) is 4.79 Å². The summed E-state index contributed by atoms with van der Waals surface area (Å²) in [5.74, 6) is 0.684. The molecule has 0 bridgehead atoms. The van der Waals surface area contributed by atoms with Crippen LogP contribution < -0.4 is 19.5 Å². The summed E-state index contributed by atoms with van der Waals surface area (Å²) in [6.07, 6.45) is 1.62. The number of methoxy groups -OCH3 is 1. The van der Waals surface area contributed by atoms with Gasteiger partial charge in [0.2, 0.25) is 0 Å². The van der Waals surface area contributed by atoms with Gasteiger partial charge in [-0.3, -0.25) is 4.79 Å². The molecule has 10 heteroatoms. The number of nitrogens with one attached hydrogen (secondary N) is 2. The van der Waals surface area contributed by atoms with Gasteiger partial charge in [-0.25, -0.2) is 9.37 Å². The van der Waals surface area contributed by atoms with Crippen LogP contribution in [0.2, 0.25) is 5.02 Å². The lowest BCUT2D eigenvalue weighted by molar-refractivity contribution is -0.118. The number of carbonyl (C=O) groups is 1. The number of ether oxygens (including phenoxy) is 3. The number of benzene rings is 3. The highest BCUT2D eigenvalue weighted by molar-refractivity contribution is 6.32. The van der Waals surface area contributed by atoms with Crippen LogP contribution in [-0.4, -0.2) is 36.2 Å². The van der Waals surface area contributed by atoms with Crippen LogP contribution in [0.15, 0.2) is 54.6 Å². The summed E-state index contributed by atoms with van der Waals surface area (Å²) in [4.78, 5) is 19.9. The Balaban J connectivity index is 1.56. The standard InChI is InChI=1S/C27H22ClFN4O4/c1-3-36-24-12-16(10-17(14-30)27-32-22-9-8-20(35-2)13-23(22)33-27)11-21(28)26(24)37-15-25(34)31-19-6-4-18(29)5-7-19/h4-13H,3,15H2,1-2H3,(H,31,34)(H,32,33)/b17-10-. The Morgan fingerprint density at radius 3 is 2.68 bits per heavy atom. The van der Waals surface area contributed by atoms with Crippen LogP contribution in [0.25, 0.3) is 22.7 Å². The first kappa shape index (κ1) is 25.5. The minimum atomic E-state index is -0.456. The third-order valence-corrected chi connectivity index (χ3v) is 5.46. The number of hydrogen-bond acceptors (Lipinski definition) is 6. The van der Waals surface area contributed by atoms with Crippen molar-refractivity contribution in [3.05, 3.63) is 76.8 Å². The van der Waals surface area contributed by atoms with Gasteiger partial charge in [0.25, 0.3) is 5.91 Å². The highest BCUT2D eigenvalue weighted by Gasteiger charge is 2.16. The minimum Gasteiger partial charge on any atom is -0.497 e.